The van der Waals surface area contributed by atoms with Gasteiger partial charge in [-0.3, -0.25) is 4.79 Å². The number of aliphatic hydroxyl groups is 1. The van der Waals surface area contributed by atoms with E-state index in [0.717, 1.165) is 6.07 Å². The van der Waals surface area contributed by atoms with Crippen molar-refractivity contribution in [1.82, 2.24) is 4.90 Å². The Balaban J connectivity index is 1.97. The second-order valence-corrected chi connectivity index (χ2v) is 4.24. The van der Waals surface area contributed by atoms with Gasteiger partial charge in [-0.15, -0.1) is 0 Å². The number of benzene rings is 1. The van der Waals surface area contributed by atoms with Crippen LogP contribution in [0.2, 0.25) is 0 Å². The van der Waals surface area contributed by atoms with E-state index in [4.69, 9.17) is 5.11 Å². The van der Waals surface area contributed by atoms with Crippen molar-refractivity contribution in [3.63, 3.8) is 0 Å². The first-order valence-corrected chi connectivity index (χ1v) is 5.43. The van der Waals surface area contributed by atoms with Gasteiger partial charge in [-0.05, 0) is 6.07 Å². The second kappa shape index (κ2) is 4.79. The first-order chi connectivity index (χ1) is 8.11. The summed E-state index contributed by atoms with van der Waals surface area (Å²) in [5.41, 5.74) is 0.0717. The zero-order valence-electron chi connectivity index (χ0n) is 9.20. The number of hydrogen-bond donors (Lipinski definition) is 1. The van der Waals surface area contributed by atoms with Gasteiger partial charge in [-0.2, -0.15) is 0 Å². The Hall–Kier alpha value is -1.49. The predicted molar refractivity (Wildman–Crippen MR) is 57.2 cm³/mol. The van der Waals surface area contributed by atoms with Crippen LogP contribution in [0.1, 0.15) is 5.56 Å². The van der Waals surface area contributed by atoms with Crippen molar-refractivity contribution in [3.8, 4) is 0 Å². The number of halogens is 2. The zero-order valence-corrected chi connectivity index (χ0v) is 9.20. The second-order valence-electron chi connectivity index (χ2n) is 4.24. The van der Waals surface area contributed by atoms with Crippen molar-refractivity contribution in [3.05, 3.63) is 35.4 Å². The Labute approximate surface area is 97.7 Å². The maximum absolute atomic E-state index is 13.3. The molecule has 0 spiro atoms. The minimum atomic E-state index is -0.958. The van der Waals surface area contributed by atoms with Crippen molar-refractivity contribution in [1.29, 1.82) is 0 Å². The smallest absolute Gasteiger partial charge is 0.227 e. The minimum Gasteiger partial charge on any atom is -0.396 e. The molecule has 1 fully saturated rings. The van der Waals surface area contributed by atoms with E-state index in [0.29, 0.717) is 13.1 Å². The maximum Gasteiger partial charge on any atom is 0.227 e. The Bertz CT molecular complexity index is 431. The highest BCUT2D eigenvalue weighted by atomic mass is 19.2. The molecular weight excluding hydrogens is 228 g/mol. The van der Waals surface area contributed by atoms with E-state index in [1.54, 1.807) is 0 Å². The summed E-state index contributed by atoms with van der Waals surface area (Å²) in [6, 6.07) is 3.81. The van der Waals surface area contributed by atoms with Gasteiger partial charge < -0.3 is 10.0 Å². The number of carbonyl (C=O) groups excluding carboxylic acids is 1. The van der Waals surface area contributed by atoms with Crippen LogP contribution in [-0.4, -0.2) is 35.6 Å². The monoisotopic (exact) mass is 241 g/mol. The Morgan fingerprint density at radius 2 is 2.12 bits per heavy atom. The standard InChI is InChI=1S/C12H13F2NO2/c13-10-3-1-2-9(12(10)14)4-11(17)15-5-8(6-15)7-16/h1-3,8,16H,4-7H2. The molecule has 0 atom stereocenters. The molecule has 1 amide bonds. The molecule has 0 bridgehead atoms. The lowest BCUT2D eigenvalue weighted by Crippen LogP contribution is -2.51. The molecule has 1 aromatic rings. The number of rotatable bonds is 3. The largest absolute Gasteiger partial charge is 0.396 e. The van der Waals surface area contributed by atoms with Crippen LogP contribution in [0.4, 0.5) is 8.78 Å². The van der Waals surface area contributed by atoms with Crippen LogP contribution in [0, 0.1) is 17.6 Å². The molecule has 5 heteroatoms. The third-order valence-electron chi connectivity index (χ3n) is 2.94. The molecule has 0 unspecified atom stereocenters. The first-order valence-electron chi connectivity index (χ1n) is 5.43. The third-order valence-corrected chi connectivity index (χ3v) is 2.94. The van der Waals surface area contributed by atoms with Gasteiger partial charge in [0.05, 0.1) is 6.42 Å². The summed E-state index contributed by atoms with van der Waals surface area (Å²) in [7, 11) is 0. The van der Waals surface area contributed by atoms with Crippen molar-refractivity contribution in [2.24, 2.45) is 5.92 Å². The normalized spacial score (nSPS) is 15.8. The van der Waals surface area contributed by atoms with Gasteiger partial charge in [-0.25, -0.2) is 8.78 Å². The molecule has 2 rings (SSSR count). The van der Waals surface area contributed by atoms with Crippen LogP contribution in [0.25, 0.3) is 0 Å². The highest BCUT2D eigenvalue weighted by molar-refractivity contribution is 5.79. The van der Waals surface area contributed by atoms with E-state index in [9.17, 15) is 13.6 Å². The van der Waals surface area contributed by atoms with E-state index in [-0.39, 0.29) is 30.4 Å². The summed E-state index contributed by atoms with van der Waals surface area (Å²) in [4.78, 5) is 13.2. The fourth-order valence-electron chi connectivity index (χ4n) is 1.85. The number of hydrogen-bond acceptors (Lipinski definition) is 2. The van der Waals surface area contributed by atoms with Crippen molar-refractivity contribution in [2.75, 3.05) is 19.7 Å². The van der Waals surface area contributed by atoms with Gasteiger partial charge >= 0.3 is 0 Å². The molecule has 0 aliphatic carbocycles. The molecule has 0 saturated carbocycles. The molecule has 1 aromatic carbocycles. The van der Waals surface area contributed by atoms with Crippen molar-refractivity contribution in [2.45, 2.75) is 6.42 Å². The SMILES string of the molecule is O=C(Cc1cccc(F)c1F)N1CC(CO)C1. The van der Waals surface area contributed by atoms with E-state index in [1.807, 2.05) is 0 Å². The lowest BCUT2D eigenvalue weighted by molar-refractivity contribution is -0.137. The Morgan fingerprint density at radius 3 is 2.76 bits per heavy atom. The van der Waals surface area contributed by atoms with Crippen LogP contribution in [0.3, 0.4) is 0 Å². The topological polar surface area (TPSA) is 40.5 Å². The van der Waals surface area contributed by atoms with E-state index in [1.165, 1.54) is 17.0 Å². The van der Waals surface area contributed by atoms with Gasteiger partial charge in [-0.1, -0.05) is 12.1 Å². The van der Waals surface area contributed by atoms with Crippen molar-refractivity contribution < 1.29 is 18.7 Å². The van der Waals surface area contributed by atoms with Crippen molar-refractivity contribution >= 4 is 5.91 Å². The predicted octanol–water partition coefficient (Wildman–Crippen LogP) is 0.958. The molecule has 92 valence electrons. The minimum absolute atomic E-state index is 0.0537. The van der Waals surface area contributed by atoms with E-state index >= 15 is 0 Å². The zero-order chi connectivity index (χ0) is 12.4. The average molecular weight is 241 g/mol. The van der Waals surface area contributed by atoms with E-state index < -0.39 is 11.6 Å². The van der Waals surface area contributed by atoms with Gasteiger partial charge in [0.1, 0.15) is 0 Å². The number of amides is 1. The Morgan fingerprint density at radius 1 is 1.41 bits per heavy atom. The molecule has 1 N–H and O–H groups in total. The molecule has 1 aliphatic rings. The summed E-state index contributed by atoms with van der Waals surface area (Å²) in [6.45, 7) is 1.04. The fourth-order valence-corrected chi connectivity index (χ4v) is 1.85. The number of aliphatic hydroxyl groups excluding tert-OH is 1. The van der Waals surface area contributed by atoms with Crippen LogP contribution in [0.15, 0.2) is 18.2 Å². The van der Waals surface area contributed by atoms with Crippen LogP contribution >= 0.6 is 0 Å². The average Bonchev–Trinajstić information content (AvgIpc) is 2.23. The molecule has 1 saturated heterocycles. The summed E-state index contributed by atoms with van der Waals surface area (Å²) in [6.07, 6.45) is -0.137. The molecule has 0 radical (unpaired) electrons. The van der Waals surface area contributed by atoms with Gasteiger partial charge in [0.25, 0.3) is 0 Å². The quantitative estimate of drug-likeness (QED) is 0.856. The molecule has 1 heterocycles. The number of nitrogens with zero attached hydrogens (tertiary/aromatic N) is 1. The fraction of sp³-hybridized carbons (Fsp3) is 0.417. The van der Waals surface area contributed by atoms with E-state index in [2.05, 4.69) is 0 Å². The highest BCUT2D eigenvalue weighted by Gasteiger charge is 2.30. The summed E-state index contributed by atoms with van der Waals surface area (Å²) in [5.74, 6) is -2.01. The van der Waals surface area contributed by atoms with Gasteiger partial charge in [0, 0.05) is 31.2 Å². The summed E-state index contributed by atoms with van der Waals surface area (Å²) >= 11 is 0. The third kappa shape index (κ3) is 2.44. The summed E-state index contributed by atoms with van der Waals surface area (Å²) < 4.78 is 26.2. The highest BCUT2D eigenvalue weighted by Crippen LogP contribution is 2.18. The number of likely N-dealkylation sites (tertiary alicyclic amines) is 1. The number of carbonyl (C=O) groups is 1. The maximum atomic E-state index is 13.3. The van der Waals surface area contributed by atoms with Crippen LogP contribution in [-0.2, 0) is 11.2 Å². The molecular formula is C12H13F2NO2. The van der Waals surface area contributed by atoms with Gasteiger partial charge in [0.15, 0.2) is 11.6 Å². The summed E-state index contributed by atoms with van der Waals surface area (Å²) in [5, 5.41) is 8.81. The lowest BCUT2D eigenvalue weighted by atomic mass is 10.00. The molecule has 0 aromatic heterocycles. The first kappa shape index (κ1) is 12.0. The molecule has 17 heavy (non-hydrogen) atoms. The molecule has 3 nitrogen and oxygen atoms in total. The lowest BCUT2D eigenvalue weighted by Gasteiger charge is -2.38. The van der Waals surface area contributed by atoms with Gasteiger partial charge in [0.2, 0.25) is 5.91 Å². The van der Waals surface area contributed by atoms with Crippen LogP contribution < -0.4 is 0 Å². The Kier molecular flexibility index (Phi) is 3.38. The molecule has 1 aliphatic heterocycles. The van der Waals surface area contributed by atoms with Crippen LogP contribution in [0.5, 0.6) is 0 Å².